The number of hydrogen-bond acceptors (Lipinski definition) is 0. The molecule has 0 aliphatic carbocycles. The Bertz CT molecular complexity index is 160. The quantitative estimate of drug-likeness (QED) is 0.519. The minimum absolute atomic E-state index is 0.333. The van der Waals surface area contributed by atoms with Gasteiger partial charge in [-0.15, -0.1) is 0 Å². The van der Waals surface area contributed by atoms with Crippen LogP contribution in [0.15, 0.2) is 12.7 Å². The predicted octanol–water partition coefficient (Wildman–Crippen LogP) is 3.63. The monoisotopic (exact) mass is 237 g/mol. The molecule has 0 spiro atoms. The van der Waals surface area contributed by atoms with Crippen molar-refractivity contribution in [2.24, 2.45) is 0 Å². The summed E-state index contributed by atoms with van der Waals surface area (Å²) in [6, 6.07) is 0. The van der Waals surface area contributed by atoms with Crippen LogP contribution in [0.1, 0.15) is 0 Å². The predicted molar refractivity (Wildman–Crippen MR) is 59.6 cm³/mol. The van der Waals surface area contributed by atoms with Crippen LogP contribution in [0.25, 0.3) is 0 Å². The molecule has 0 bridgehead atoms. The third-order valence-electron chi connectivity index (χ3n) is 2.52. The van der Waals surface area contributed by atoms with Gasteiger partial charge >= 0.3 is 87.9 Å². The molecule has 0 aliphatic heterocycles. The maximum absolute atomic E-state index is 4.00. The van der Waals surface area contributed by atoms with E-state index >= 15 is 0 Å². The van der Waals surface area contributed by atoms with Crippen LogP contribution in [-0.2, 0) is 16.3 Å². The fraction of sp³-hybridized carbons (Fsp3) is 0.778. The van der Waals surface area contributed by atoms with Gasteiger partial charge in [-0.2, -0.15) is 0 Å². The Kier molecular flexibility index (Phi) is 3.66. The summed E-state index contributed by atoms with van der Waals surface area (Å²) in [7, 11) is -2.32. The Labute approximate surface area is 87.9 Å². The fourth-order valence-electron chi connectivity index (χ4n) is 1.74. The number of hydrogen-bond donors (Lipinski definition) is 0. The Morgan fingerprint density at radius 2 is 1.25 bits per heavy atom. The summed E-state index contributed by atoms with van der Waals surface area (Å²) in [6.45, 7) is 18.5. The van der Waals surface area contributed by atoms with Crippen molar-refractivity contribution < 1.29 is 16.3 Å². The summed E-state index contributed by atoms with van der Waals surface area (Å²) in [6.07, 6.45) is 2.17. The van der Waals surface area contributed by atoms with Gasteiger partial charge in [0.15, 0.2) is 0 Å². The molecule has 0 aromatic carbocycles. The zero-order valence-corrected chi connectivity index (χ0v) is 12.5. The molecule has 0 atom stereocenters. The van der Waals surface area contributed by atoms with Gasteiger partial charge in [0.05, 0.1) is 0 Å². The van der Waals surface area contributed by atoms with Crippen LogP contribution in [0.2, 0.25) is 42.8 Å². The Morgan fingerprint density at radius 3 is 1.25 bits per heavy atom. The zero-order valence-electron chi connectivity index (χ0n) is 9.19. The first-order valence-corrected chi connectivity index (χ1v) is 12.0. The van der Waals surface area contributed by atoms with Crippen molar-refractivity contribution in [3.8, 4) is 0 Å². The summed E-state index contributed by atoms with van der Waals surface area (Å²) < 4.78 is 0.333. The van der Waals surface area contributed by atoms with E-state index in [2.05, 4.69) is 68.2 Å². The number of rotatable bonds is 3. The third kappa shape index (κ3) is 2.14. The van der Waals surface area contributed by atoms with Crippen molar-refractivity contribution in [2.45, 2.75) is 42.8 Å². The molecule has 3 heteroatoms. The molecule has 0 unspecified atom stereocenters. The van der Waals surface area contributed by atoms with Crippen molar-refractivity contribution in [1.82, 2.24) is 0 Å². The zero-order chi connectivity index (χ0) is 10.2. The topological polar surface area (TPSA) is 0 Å². The van der Waals surface area contributed by atoms with Crippen molar-refractivity contribution in [3.63, 3.8) is 0 Å². The van der Waals surface area contributed by atoms with Crippen LogP contribution in [0, 0.1) is 0 Å². The van der Waals surface area contributed by atoms with E-state index in [9.17, 15) is 0 Å². The average Bonchev–Trinajstić information content (AvgIpc) is 1.81. The Hall–Kier alpha value is 0.706. The van der Waals surface area contributed by atoms with E-state index in [0.717, 1.165) is 0 Å². The molecule has 0 aromatic rings. The molecule has 71 valence electrons. The van der Waals surface area contributed by atoms with Crippen molar-refractivity contribution in [2.75, 3.05) is 0 Å². The molecule has 0 saturated heterocycles. The van der Waals surface area contributed by atoms with Gasteiger partial charge in [0, 0.05) is 0 Å². The first kappa shape index (κ1) is 12.7. The maximum atomic E-state index is 4.00. The summed E-state index contributed by atoms with van der Waals surface area (Å²) >= 11 is 3.43. The standard InChI is InChI=1S/C9H21Si2.Cr/c1-8-9(10(2,3)4)11(5,6)7;/h8H,1H2,2-7H3;. The van der Waals surface area contributed by atoms with Crippen LogP contribution in [0.4, 0.5) is 0 Å². The van der Waals surface area contributed by atoms with Crippen LogP contribution in [-0.4, -0.2) is 16.1 Å². The van der Waals surface area contributed by atoms with Crippen LogP contribution >= 0.6 is 0 Å². The molecule has 0 saturated carbocycles. The van der Waals surface area contributed by atoms with E-state index in [-0.39, 0.29) is 0 Å². The van der Waals surface area contributed by atoms with Crippen LogP contribution in [0.5, 0.6) is 0 Å². The van der Waals surface area contributed by atoms with Crippen LogP contribution in [0.3, 0.4) is 0 Å². The van der Waals surface area contributed by atoms with Gasteiger partial charge in [0.25, 0.3) is 0 Å². The molecule has 0 aliphatic rings. The number of allylic oxidation sites excluding steroid dienone is 1. The molecule has 12 heavy (non-hydrogen) atoms. The van der Waals surface area contributed by atoms with E-state index in [1.54, 1.807) is 0 Å². The summed E-state index contributed by atoms with van der Waals surface area (Å²) in [5, 5.41) is 0. The van der Waals surface area contributed by atoms with Gasteiger partial charge < -0.3 is 0 Å². The third-order valence-corrected chi connectivity index (χ3v) is 17.9. The van der Waals surface area contributed by atoms with E-state index in [1.165, 1.54) is 0 Å². The Balaban J connectivity index is 5.09. The molecular formula is C9H21CrSi2. The SMILES string of the molecule is C=C[C]([Cr])([Si](C)(C)C)[Si](C)(C)C. The molecule has 0 rings (SSSR count). The summed E-state index contributed by atoms with van der Waals surface area (Å²) in [5.41, 5.74) is 0. The molecule has 0 fully saturated rings. The first-order valence-electron chi connectivity index (χ1n) is 4.40. The average molecular weight is 237 g/mol. The first-order chi connectivity index (χ1) is 5.06. The van der Waals surface area contributed by atoms with Gasteiger partial charge in [0.2, 0.25) is 0 Å². The molecule has 0 aromatic heterocycles. The van der Waals surface area contributed by atoms with Gasteiger partial charge in [-0.05, 0) is 0 Å². The summed E-state index contributed by atoms with van der Waals surface area (Å²) in [5.74, 6) is 0. The fourth-order valence-corrected chi connectivity index (χ4v) is 12.0. The Morgan fingerprint density at radius 1 is 1.00 bits per heavy atom. The van der Waals surface area contributed by atoms with E-state index in [4.69, 9.17) is 0 Å². The molecule has 0 nitrogen and oxygen atoms in total. The molecule has 0 heterocycles. The second-order valence-electron chi connectivity index (χ2n) is 5.44. The van der Waals surface area contributed by atoms with Crippen molar-refractivity contribution in [1.29, 1.82) is 0 Å². The molecule has 0 N–H and O–H groups in total. The normalized spacial score (nSPS) is 14.5. The van der Waals surface area contributed by atoms with Gasteiger partial charge in [-0.25, -0.2) is 0 Å². The van der Waals surface area contributed by atoms with Crippen molar-refractivity contribution >= 4 is 16.1 Å². The molecular weight excluding hydrogens is 216 g/mol. The van der Waals surface area contributed by atoms with E-state index < -0.39 is 16.1 Å². The van der Waals surface area contributed by atoms with Gasteiger partial charge in [-0.1, -0.05) is 0 Å². The second-order valence-corrected chi connectivity index (χ2v) is 18.7. The van der Waals surface area contributed by atoms with E-state index in [0.29, 0.717) is 3.52 Å². The second kappa shape index (κ2) is 3.46. The molecule has 0 amide bonds. The van der Waals surface area contributed by atoms with E-state index in [1.807, 2.05) is 0 Å². The van der Waals surface area contributed by atoms with Crippen molar-refractivity contribution in [3.05, 3.63) is 12.7 Å². The minimum atomic E-state index is -1.16. The van der Waals surface area contributed by atoms with Crippen LogP contribution < -0.4 is 0 Å². The molecule has 0 radical (unpaired) electrons. The summed E-state index contributed by atoms with van der Waals surface area (Å²) in [4.78, 5) is 0. The van der Waals surface area contributed by atoms with Gasteiger partial charge in [0.1, 0.15) is 0 Å². The van der Waals surface area contributed by atoms with Gasteiger partial charge in [-0.3, -0.25) is 0 Å².